The molecule has 1 atom stereocenters. The summed E-state index contributed by atoms with van der Waals surface area (Å²) in [7, 11) is 1.77. The van der Waals surface area contributed by atoms with Gasteiger partial charge in [0.15, 0.2) is 4.77 Å². The Morgan fingerprint density at radius 1 is 1.41 bits per heavy atom. The first kappa shape index (κ1) is 22.5. The van der Waals surface area contributed by atoms with Gasteiger partial charge in [-0.2, -0.15) is 5.10 Å². The Morgan fingerprint density at radius 2 is 2.10 bits per heavy atom. The van der Waals surface area contributed by atoms with Crippen LogP contribution in [0.3, 0.4) is 0 Å². The molecular formula is C17H21ClN6O4S. The number of carbonyl (C=O) groups is 2. The van der Waals surface area contributed by atoms with E-state index in [2.05, 4.69) is 20.8 Å². The van der Waals surface area contributed by atoms with Gasteiger partial charge in [-0.25, -0.2) is 0 Å². The number of non-ortho nitro benzene ring substituents is 1. The molecule has 10 nitrogen and oxygen atoms in total. The Hall–Kier alpha value is -2.79. The van der Waals surface area contributed by atoms with Gasteiger partial charge in [-0.1, -0.05) is 25.4 Å². The summed E-state index contributed by atoms with van der Waals surface area (Å²) in [6.07, 6.45) is 0.461. The number of hydrogen-bond donors (Lipinski definition) is 3. The zero-order chi connectivity index (χ0) is 21.7. The minimum atomic E-state index is -0.809. The van der Waals surface area contributed by atoms with Gasteiger partial charge in [-0.15, -0.1) is 0 Å². The minimum Gasteiger partial charge on any atom is -0.354 e. The Labute approximate surface area is 176 Å². The van der Waals surface area contributed by atoms with Gasteiger partial charge in [0.2, 0.25) is 5.91 Å². The highest BCUT2D eigenvalue weighted by atomic mass is 35.5. The average molecular weight is 441 g/mol. The number of aromatic amines is 1. The van der Waals surface area contributed by atoms with Gasteiger partial charge in [0.1, 0.15) is 11.9 Å². The normalized spacial score (nSPS) is 11.9. The van der Waals surface area contributed by atoms with E-state index in [4.69, 9.17) is 23.8 Å². The first-order valence-electron chi connectivity index (χ1n) is 8.74. The molecule has 29 heavy (non-hydrogen) atoms. The van der Waals surface area contributed by atoms with Gasteiger partial charge in [-0.05, 0) is 24.2 Å². The fourth-order valence-electron chi connectivity index (χ4n) is 2.57. The SMILES string of the molecule is CC(C)C(NC(=O)c1ccc([N+](=O)[O-])cc1Cl)C(=O)NCCc1n[nH]c(=S)n1C. The number of H-pyrrole nitrogens is 1. The molecule has 0 radical (unpaired) electrons. The molecule has 0 aliphatic carbocycles. The predicted octanol–water partition coefficient (Wildman–Crippen LogP) is 2.15. The summed E-state index contributed by atoms with van der Waals surface area (Å²) >= 11 is 11.0. The molecule has 0 bridgehead atoms. The Kier molecular flexibility index (Phi) is 7.46. The average Bonchev–Trinajstić information content (AvgIpc) is 2.97. The van der Waals surface area contributed by atoms with E-state index >= 15 is 0 Å². The Bertz CT molecular complexity index is 987. The van der Waals surface area contributed by atoms with Crippen LogP contribution < -0.4 is 10.6 Å². The van der Waals surface area contributed by atoms with Gasteiger partial charge in [0, 0.05) is 32.1 Å². The number of aromatic nitrogens is 3. The van der Waals surface area contributed by atoms with Gasteiger partial charge < -0.3 is 15.2 Å². The van der Waals surface area contributed by atoms with Crippen LogP contribution in [0.15, 0.2) is 18.2 Å². The molecule has 2 rings (SSSR count). The van der Waals surface area contributed by atoms with Gasteiger partial charge in [0.05, 0.1) is 15.5 Å². The summed E-state index contributed by atoms with van der Waals surface area (Å²) in [5.74, 6) is -0.453. The van der Waals surface area contributed by atoms with Crippen molar-refractivity contribution in [2.45, 2.75) is 26.3 Å². The van der Waals surface area contributed by atoms with Crippen molar-refractivity contribution in [1.82, 2.24) is 25.4 Å². The lowest BCUT2D eigenvalue weighted by molar-refractivity contribution is -0.384. The predicted molar refractivity (Wildman–Crippen MR) is 109 cm³/mol. The van der Waals surface area contributed by atoms with E-state index in [1.807, 2.05) is 0 Å². The molecular weight excluding hydrogens is 420 g/mol. The summed E-state index contributed by atoms with van der Waals surface area (Å²) in [5.41, 5.74) is -0.171. The third-order valence-corrected chi connectivity index (χ3v) is 4.94. The lowest BCUT2D eigenvalue weighted by Crippen LogP contribution is -2.50. The van der Waals surface area contributed by atoms with Crippen LogP contribution >= 0.6 is 23.8 Å². The Balaban J connectivity index is 2.02. The van der Waals surface area contributed by atoms with Crippen LogP contribution in [0.1, 0.15) is 30.0 Å². The van der Waals surface area contributed by atoms with Crippen LogP contribution in [0.4, 0.5) is 5.69 Å². The highest BCUT2D eigenvalue weighted by molar-refractivity contribution is 7.71. The lowest BCUT2D eigenvalue weighted by atomic mass is 10.0. The van der Waals surface area contributed by atoms with Crippen molar-refractivity contribution < 1.29 is 14.5 Å². The molecule has 0 aliphatic heterocycles. The second-order valence-electron chi connectivity index (χ2n) is 6.66. The van der Waals surface area contributed by atoms with Crippen molar-refractivity contribution in [3.05, 3.63) is 49.5 Å². The number of benzene rings is 1. The van der Waals surface area contributed by atoms with Gasteiger partial charge in [0.25, 0.3) is 11.6 Å². The number of amides is 2. The molecule has 2 amide bonds. The van der Waals surface area contributed by atoms with E-state index in [0.717, 1.165) is 6.07 Å². The first-order valence-corrected chi connectivity index (χ1v) is 9.53. The van der Waals surface area contributed by atoms with E-state index in [1.165, 1.54) is 12.1 Å². The number of hydrogen-bond acceptors (Lipinski definition) is 6. The quantitative estimate of drug-likeness (QED) is 0.327. The number of nitrogens with one attached hydrogen (secondary N) is 3. The van der Waals surface area contributed by atoms with Crippen molar-refractivity contribution in [1.29, 1.82) is 0 Å². The molecule has 3 N–H and O–H groups in total. The maximum Gasteiger partial charge on any atom is 0.270 e. The van der Waals surface area contributed by atoms with E-state index in [1.54, 1.807) is 25.5 Å². The summed E-state index contributed by atoms with van der Waals surface area (Å²) in [6.45, 7) is 3.89. The fraction of sp³-hybridized carbons (Fsp3) is 0.412. The molecule has 0 spiro atoms. The highest BCUT2D eigenvalue weighted by Crippen LogP contribution is 2.22. The van der Waals surface area contributed by atoms with Crippen molar-refractivity contribution >= 4 is 41.3 Å². The third kappa shape index (κ3) is 5.61. The number of nitro benzene ring substituents is 1. The molecule has 1 unspecified atom stereocenters. The second-order valence-corrected chi connectivity index (χ2v) is 7.46. The maximum absolute atomic E-state index is 12.6. The Morgan fingerprint density at radius 3 is 2.62 bits per heavy atom. The molecule has 1 aromatic heterocycles. The molecule has 1 aromatic carbocycles. The van der Waals surface area contributed by atoms with Gasteiger partial charge >= 0.3 is 0 Å². The van der Waals surface area contributed by atoms with Gasteiger partial charge in [-0.3, -0.25) is 24.8 Å². The molecule has 0 aliphatic rings. The molecule has 12 heteroatoms. The van der Waals surface area contributed by atoms with Crippen LogP contribution in [-0.4, -0.2) is 44.1 Å². The van der Waals surface area contributed by atoms with Crippen LogP contribution in [0.5, 0.6) is 0 Å². The number of halogens is 1. The topological polar surface area (TPSA) is 135 Å². The van der Waals surface area contributed by atoms with E-state index in [-0.39, 0.29) is 28.1 Å². The molecule has 0 fully saturated rings. The monoisotopic (exact) mass is 440 g/mol. The third-order valence-electron chi connectivity index (χ3n) is 4.26. The van der Waals surface area contributed by atoms with Crippen LogP contribution in [-0.2, 0) is 18.3 Å². The van der Waals surface area contributed by atoms with E-state index in [0.29, 0.717) is 23.6 Å². The summed E-state index contributed by atoms with van der Waals surface area (Å²) < 4.78 is 2.19. The number of nitrogens with zero attached hydrogens (tertiary/aromatic N) is 3. The fourth-order valence-corrected chi connectivity index (χ4v) is 2.98. The lowest BCUT2D eigenvalue weighted by Gasteiger charge is -2.22. The van der Waals surface area contributed by atoms with Crippen molar-refractivity contribution in [3.8, 4) is 0 Å². The molecule has 0 saturated heterocycles. The first-order chi connectivity index (χ1) is 13.6. The molecule has 0 saturated carbocycles. The summed E-state index contributed by atoms with van der Waals surface area (Å²) in [4.78, 5) is 35.3. The largest absolute Gasteiger partial charge is 0.354 e. The second kappa shape index (κ2) is 9.61. The zero-order valence-electron chi connectivity index (χ0n) is 16.1. The summed E-state index contributed by atoms with van der Waals surface area (Å²) in [6, 6.07) is 2.73. The molecule has 1 heterocycles. The summed E-state index contributed by atoms with van der Waals surface area (Å²) in [5, 5.41) is 22.9. The standard InChI is InChI=1S/C17H21ClN6O4S/c1-9(2)14(16(26)19-7-6-13-21-22-17(29)23(13)3)20-15(25)11-5-4-10(24(27)28)8-12(11)18/h4-5,8-9,14H,6-7H2,1-3H3,(H,19,26)(H,20,25)(H,22,29). The van der Waals surface area contributed by atoms with Crippen molar-refractivity contribution in [2.24, 2.45) is 13.0 Å². The van der Waals surface area contributed by atoms with Crippen LogP contribution in [0.2, 0.25) is 5.02 Å². The van der Waals surface area contributed by atoms with Crippen LogP contribution in [0, 0.1) is 20.8 Å². The van der Waals surface area contributed by atoms with Crippen LogP contribution in [0.25, 0.3) is 0 Å². The smallest absolute Gasteiger partial charge is 0.270 e. The number of rotatable bonds is 8. The van der Waals surface area contributed by atoms with Crippen molar-refractivity contribution in [3.63, 3.8) is 0 Å². The highest BCUT2D eigenvalue weighted by Gasteiger charge is 2.26. The number of carbonyl (C=O) groups excluding carboxylic acids is 2. The molecule has 156 valence electrons. The number of nitro groups is 1. The zero-order valence-corrected chi connectivity index (χ0v) is 17.6. The van der Waals surface area contributed by atoms with E-state index in [9.17, 15) is 19.7 Å². The van der Waals surface area contributed by atoms with E-state index < -0.39 is 16.9 Å². The molecule has 2 aromatic rings. The maximum atomic E-state index is 12.6. The van der Waals surface area contributed by atoms with Crippen molar-refractivity contribution in [2.75, 3.05) is 6.54 Å². The minimum absolute atomic E-state index is 0.0530.